The number of pyridine rings is 1. The van der Waals surface area contributed by atoms with Crippen LogP contribution in [0.2, 0.25) is 0 Å². The summed E-state index contributed by atoms with van der Waals surface area (Å²) in [6, 6.07) is 15.9. The summed E-state index contributed by atoms with van der Waals surface area (Å²) in [4.78, 5) is 23.2. The van der Waals surface area contributed by atoms with Crippen molar-refractivity contribution in [2.75, 3.05) is 12.3 Å². The highest BCUT2D eigenvalue weighted by Gasteiger charge is 2.16. The minimum Gasteiger partial charge on any atom is -0.336 e. The molecule has 0 saturated heterocycles. The van der Waals surface area contributed by atoms with Gasteiger partial charge in [-0.05, 0) is 31.0 Å². The first-order chi connectivity index (χ1) is 12.7. The number of thioether (sulfide) groups is 1. The summed E-state index contributed by atoms with van der Waals surface area (Å²) >= 11 is 1.34. The fraction of sp³-hybridized carbons (Fsp3) is 0.263. The molecule has 0 aliphatic heterocycles. The Kier molecular flexibility index (Phi) is 6.38. The van der Waals surface area contributed by atoms with E-state index in [9.17, 15) is 4.79 Å². The second-order valence-electron chi connectivity index (χ2n) is 5.86. The van der Waals surface area contributed by atoms with Crippen LogP contribution in [0.25, 0.3) is 0 Å². The van der Waals surface area contributed by atoms with Gasteiger partial charge in [-0.1, -0.05) is 48.2 Å². The maximum absolute atomic E-state index is 12.8. The average Bonchev–Trinajstić information content (AvgIpc) is 3.10. The van der Waals surface area contributed by atoms with Crippen LogP contribution in [0.1, 0.15) is 17.1 Å². The third-order valence-corrected chi connectivity index (χ3v) is 4.68. The zero-order valence-electron chi connectivity index (χ0n) is 14.6. The maximum atomic E-state index is 12.8. The van der Waals surface area contributed by atoms with Crippen molar-refractivity contribution in [3.05, 3.63) is 71.8 Å². The average molecular weight is 367 g/mol. The van der Waals surface area contributed by atoms with Gasteiger partial charge in [-0.3, -0.25) is 14.9 Å². The molecule has 26 heavy (non-hydrogen) atoms. The number of carbonyl (C=O) groups excluding carboxylic acids is 1. The Bertz CT molecular complexity index is 822. The first-order valence-electron chi connectivity index (χ1n) is 8.44. The summed E-state index contributed by atoms with van der Waals surface area (Å²) in [6.45, 7) is 2.99. The number of aryl methyl sites for hydroxylation is 1. The summed E-state index contributed by atoms with van der Waals surface area (Å²) in [5, 5.41) is 7.45. The van der Waals surface area contributed by atoms with Crippen LogP contribution in [-0.2, 0) is 17.8 Å². The largest absolute Gasteiger partial charge is 0.336 e. The van der Waals surface area contributed by atoms with Crippen molar-refractivity contribution in [1.82, 2.24) is 25.1 Å². The molecule has 6 nitrogen and oxygen atoms in total. The minimum atomic E-state index is 0.0547. The lowest BCUT2D eigenvalue weighted by atomic mass is 10.1. The van der Waals surface area contributed by atoms with Gasteiger partial charge in [0.2, 0.25) is 11.1 Å². The maximum Gasteiger partial charge on any atom is 0.233 e. The highest BCUT2D eigenvalue weighted by molar-refractivity contribution is 7.99. The van der Waals surface area contributed by atoms with Gasteiger partial charge in [0.15, 0.2) is 0 Å². The molecule has 0 radical (unpaired) electrons. The molecule has 0 atom stereocenters. The molecule has 1 aromatic carbocycles. The number of H-pyrrole nitrogens is 1. The van der Waals surface area contributed by atoms with E-state index in [1.165, 1.54) is 17.3 Å². The van der Waals surface area contributed by atoms with Crippen molar-refractivity contribution in [2.45, 2.75) is 25.0 Å². The molecule has 1 N–H and O–H groups in total. The molecule has 3 aromatic rings. The number of hydrogen-bond acceptors (Lipinski definition) is 5. The van der Waals surface area contributed by atoms with E-state index in [0.717, 1.165) is 17.9 Å². The van der Waals surface area contributed by atoms with Crippen LogP contribution in [0.15, 0.2) is 59.9 Å². The summed E-state index contributed by atoms with van der Waals surface area (Å²) in [5.41, 5.74) is 2.09. The lowest BCUT2D eigenvalue weighted by molar-refractivity contribution is -0.129. The fourth-order valence-electron chi connectivity index (χ4n) is 2.49. The number of aromatic nitrogens is 4. The van der Waals surface area contributed by atoms with Gasteiger partial charge in [-0.15, -0.1) is 5.10 Å². The van der Waals surface area contributed by atoms with Crippen LogP contribution >= 0.6 is 11.8 Å². The number of hydrogen-bond donors (Lipinski definition) is 1. The third kappa shape index (κ3) is 5.42. The van der Waals surface area contributed by atoms with Crippen LogP contribution in [0, 0.1) is 6.92 Å². The molecule has 0 fully saturated rings. The molecule has 134 valence electrons. The van der Waals surface area contributed by atoms with Crippen LogP contribution in [-0.4, -0.2) is 43.3 Å². The number of aromatic amines is 1. The SMILES string of the molecule is Cc1nc(SCC(=O)N(CCc2ccccc2)Cc2ccccn2)n[nH]1. The molecule has 2 heterocycles. The Morgan fingerprint density at radius 1 is 1.15 bits per heavy atom. The molecule has 0 aliphatic carbocycles. The molecular weight excluding hydrogens is 346 g/mol. The van der Waals surface area contributed by atoms with Gasteiger partial charge in [-0.2, -0.15) is 0 Å². The lowest BCUT2D eigenvalue weighted by Gasteiger charge is -2.22. The Morgan fingerprint density at radius 2 is 1.96 bits per heavy atom. The number of carbonyl (C=O) groups is 1. The molecule has 0 saturated carbocycles. The molecule has 0 aliphatic rings. The molecule has 1 amide bonds. The van der Waals surface area contributed by atoms with Gasteiger partial charge in [0.05, 0.1) is 18.0 Å². The van der Waals surface area contributed by atoms with E-state index in [0.29, 0.717) is 24.0 Å². The summed E-state index contributed by atoms with van der Waals surface area (Å²) < 4.78 is 0. The van der Waals surface area contributed by atoms with E-state index < -0.39 is 0 Å². The van der Waals surface area contributed by atoms with Crippen LogP contribution in [0.4, 0.5) is 0 Å². The van der Waals surface area contributed by atoms with Crippen LogP contribution in [0.5, 0.6) is 0 Å². The van der Waals surface area contributed by atoms with Crippen molar-refractivity contribution in [3.63, 3.8) is 0 Å². The molecule has 3 rings (SSSR count). The predicted octanol–water partition coefficient (Wildman–Crippen LogP) is 2.87. The zero-order valence-corrected chi connectivity index (χ0v) is 15.4. The number of rotatable bonds is 8. The highest BCUT2D eigenvalue weighted by Crippen LogP contribution is 2.14. The number of nitrogens with zero attached hydrogens (tertiary/aromatic N) is 4. The lowest BCUT2D eigenvalue weighted by Crippen LogP contribution is -2.34. The molecule has 2 aromatic heterocycles. The predicted molar refractivity (Wildman–Crippen MR) is 102 cm³/mol. The standard InChI is InChI=1S/C19H21N5OS/c1-15-21-19(23-22-15)26-14-18(25)24(13-17-9-5-6-11-20-17)12-10-16-7-3-2-4-8-16/h2-9,11H,10,12-14H2,1H3,(H,21,22,23). The first-order valence-corrected chi connectivity index (χ1v) is 9.42. The van der Waals surface area contributed by atoms with Crippen molar-refractivity contribution >= 4 is 17.7 Å². The summed E-state index contributed by atoms with van der Waals surface area (Å²) in [6.07, 6.45) is 2.56. The van der Waals surface area contributed by atoms with Crippen molar-refractivity contribution < 1.29 is 4.79 Å². The quantitative estimate of drug-likeness (QED) is 0.620. The van der Waals surface area contributed by atoms with E-state index in [2.05, 4.69) is 32.3 Å². The van der Waals surface area contributed by atoms with E-state index in [-0.39, 0.29) is 5.91 Å². The van der Waals surface area contributed by atoms with E-state index >= 15 is 0 Å². The van der Waals surface area contributed by atoms with Crippen LogP contribution in [0.3, 0.4) is 0 Å². The second kappa shape index (κ2) is 9.15. The van der Waals surface area contributed by atoms with Gasteiger partial charge >= 0.3 is 0 Å². The van der Waals surface area contributed by atoms with Crippen molar-refractivity contribution in [1.29, 1.82) is 0 Å². The molecule has 7 heteroatoms. The van der Waals surface area contributed by atoms with E-state index in [4.69, 9.17) is 0 Å². The van der Waals surface area contributed by atoms with E-state index in [1.54, 1.807) is 6.20 Å². The number of amides is 1. The summed E-state index contributed by atoms with van der Waals surface area (Å²) in [7, 11) is 0. The third-order valence-electron chi connectivity index (χ3n) is 3.85. The van der Waals surface area contributed by atoms with Gasteiger partial charge in [0.1, 0.15) is 5.82 Å². The normalized spacial score (nSPS) is 10.7. The molecule has 0 bridgehead atoms. The topological polar surface area (TPSA) is 74.8 Å². The first kappa shape index (κ1) is 18.1. The highest BCUT2D eigenvalue weighted by atomic mass is 32.2. The van der Waals surface area contributed by atoms with Crippen molar-refractivity contribution in [2.24, 2.45) is 0 Å². The smallest absolute Gasteiger partial charge is 0.233 e. The van der Waals surface area contributed by atoms with Gasteiger partial charge in [0.25, 0.3) is 0 Å². The fourth-order valence-corrected chi connectivity index (χ4v) is 3.24. The number of nitrogens with one attached hydrogen (secondary N) is 1. The minimum absolute atomic E-state index is 0.0547. The number of benzene rings is 1. The summed E-state index contributed by atoms with van der Waals surface area (Å²) in [5.74, 6) is 1.10. The second-order valence-corrected chi connectivity index (χ2v) is 6.81. The zero-order chi connectivity index (χ0) is 18.2. The molecule has 0 unspecified atom stereocenters. The van der Waals surface area contributed by atoms with Gasteiger partial charge in [-0.25, -0.2) is 4.98 Å². The Balaban J connectivity index is 1.63. The Hall–Kier alpha value is -2.67. The van der Waals surface area contributed by atoms with Crippen LogP contribution < -0.4 is 0 Å². The Morgan fingerprint density at radius 3 is 2.65 bits per heavy atom. The molecular formula is C19H21N5OS. The molecule has 0 spiro atoms. The van der Waals surface area contributed by atoms with Crippen molar-refractivity contribution in [3.8, 4) is 0 Å². The van der Waals surface area contributed by atoms with Gasteiger partial charge < -0.3 is 4.90 Å². The van der Waals surface area contributed by atoms with Gasteiger partial charge in [0, 0.05) is 12.7 Å². The Labute approximate surface area is 157 Å². The monoisotopic (exact) mass is 367 g/mol. The van der Waals surface area contributed by atoms with E-state index in [1.807, 2.05) is 48.2 Å².